The lowest BCUT2D eigenvalue weighted by molar-refractivity contribution is 0.650. The summed E-state index contributed by atoms with van der Waals surface area (Å²) in [5.41, 5.74) is 1.26. The number of hydrogen-bond acceptors (Lipinski definition) is 4. The highest BCUT2D eigenvalue weighted by atomic mass is 32.1. The highest BCUT2D eigenvalue weighted by Crippen LogP contribution is 2.33. The third-order valence-corrected chi connectivity index (χ3v) is 4.90. The minimum atomic E-state index is 0.0390. The minimum Gasteiger partial charge on any atom is -0.295 e. The Hall–Kier alpha value is -1.67. The van der Waals surface area contributed by atoms with Crippen LogP contribution in [0.25, 0.3) is 10.2 Å². The minimum absolute atomic E-state index is 0.0390. The molecular formula is C14H15N3OS. The Morgan fingerprint density at radius 1 is 1.42 bits per heavy atom. The van der Waals surface area contributed by atoms with Gasteiger partial charge >= 0.3 is 0 Å². The van der Waals surface area contributed by atoms with Crippen LogP contribution in [0.3, 0.4) is 0 Å². The molecule has 5 heteroatoms. The molecule has 0 saturated heterocycles. The lowest BCUT2D eigenvalue weighted by atomic mass is 9.97. The summed E-state index contributed by atoms with van der Waals surface area (Å²) in [6, 6.07) is 2.09. The van der Waals surface area contributed by atoms with Crippen LogP contribution in [0.15, 0.2) is 4.79 Å². The Morgan fingerprint density at radius 3 is 3.00 bits per heavy atom. The largest absolute Gasteiger partial charge is 0.295 e. The number of rotatable bonds is 2. The Labute approximate surface area is 115 Å². The number of fused-ring (bicyclic) bond motifs is 3. The third-order valence-electron chi connectivity index (χ3n) is 3.71. The van der Waals surface area contributed by atoms with Crippen LogP contribution in [0.1, 0.15) is 35.5 Å². The molecule has 0 radical (unpaired) electrons. The number of hydrogen-bond donors (Lipinski definition) is 0. The normalized spacial score (nSPS) is 14.3. The van der Waals surface area contributed by atoms with Crippen molar-refractivity contribution in [2.24, 2.45) is 0 Å². The number of nitriles is 1. The number of nitrogens with zero attached hydrogens (tertiary/aromatic N) is 3. The fourth-order valence-electron chi connectivity index (χ4n) is 2.77. The van der Waals surface area contributed by atoms with Crippen LogP contribution >= 0.6 is 11.3 Å². The molecule has 0 unspecified atom stereocenters. The lowest BCUT2D eigenvalue weighted by Gasteiger charge is -2.11. The summed E-state index contributed by atoms with van der Waals surface area (Å²) in [5, 5.41) is 9.50. The van der Waals surface area contributed by atoms with E-state index in [0.717, 1.165) is 29.5 Å². The molecule has 0 saturated carbocycles. The Bertz CT molecular complexity index is 736. The van der Waals surface area contributed by atoms with Crippen molar-refractivity contribution < 1.29 is 0 Å². The van der Waals surface area contributed by atoms with Crippen molar-refractivity contribution in [2.45, 2.75) is 45.6 Å². The Kier molecular flexibility index (Phi) is 3.11. The van der Waals surface area contributed by atoms with Crippen LogP contribution < -0.4 is 5.56 Å². The summed E-state index contributed by atoms with van der Waals surface area (Å²) in [4.78, 5) is 19.4. The molecule has 2 aromatic heterocycles. The van der Waals surface area contributed by atoms with Gasteiger partial charge in [0.25, 0.3) is 5.56 Å². The Morgan fingerprint density at radius 2 is 2.21 bits per heavy atom. The maximum Gasteiger partial charge on any atom is 0.262 e. The van der Waals surface area contributed by atoms with Crippen molar-refractivity contribution in [1.82, 2.24) is 9.55 Å². The molecule has 19 heavy (non-hydrogen) atoms. The lowest BCUT2D eigenvalue weighted by Crippen LogP contribution is -2.24. The van der Waals surface area contributed by atoms with Gasteiger partial charge in [-0.25, -0.2) is 4.98 Å². The molecule has 3 rings (SSSR count). The van der Waals surface area contributed by atoms with Crippen LogP contribution in [0.5, 0.6) is 0 Å². The number of aryl methyl sites for hydroxylation is 3. The average molecular weight is 273 g/mol. The van der Waals surface area contributed by atoms with Crippen LogP contribution in [0.4, 0.5) is 0 Å². The zero-order valence-corrected chi connectivity index (χ0v) is 11.7. The van der Waals surface area contributed by atoms with Gasteiger partial charge < -0.3 is 0 Å². The van der Waals surface area contributed by atoms with Crippen molar-refractivity contribution in [2.75, 3.05) is 0 Å². The molecule has 0 fully saturated rings. The van der Waals surface area contributed by atoms with Gasteiger partial charge in [0.2, 0.25) is 0 Å². The molecule has 98 valence electrons. The van der Waals surface area contributed by atoms with Crippen LogP contribution in [0, 0.1) is 18.3 Å². The molecular weight excluding hydrogens is 258 g/mol. The van der Waals surface area contributed by atoms with Crippen molar-refractivity contribution in [3.05, 3.63) is 26.6 Å². The van der Waals surface area contributed by atoms with E-state index < -0.39 is 0 Å². The summed E-state index contributed by atoms with van der Waals surface area (Å²) < 4.78 is 1.65. The molecule has 4 nitrogen and oxygen atoms in total. The summed E-state index contributed by atoms with van der Waals surface area (Å²) in [6.45, 7) is 2.28. The second kappa shape index (κ2) is 4.78. The topological polar surface area (TPSA) is 58.7 Å². The van der Waals surface area contributed by atoms with E-state index in [1.807, 2.05) is 6.92 Å². The molecule has 0 N–H and O–H groups in total. The van der Waals surface area contributed by atoms with Crippen LogP contribution in [-0.2, 0) is 19.4 Å². The van der Waals surface area contributed by atoms with E-state index in [0.29, 0.717) is 18.8 Å². The fourth-order valence-corrected chi connectivity index (χ4v) is 4.06. The van der Waals surface area contributed by atoms with Gasteiger partial charge in [0, 0.05) is 11.4 Å². The first-order valence-electron chi connectivity index (χ1n) is 6.61. The van der Waals surface area contributed by atoms with Gasteiger partial charge in [-0.3, -0.25) is 9.36 Å². The molecule has 2 heterocycles. The van der Waals surface area contributed by atoms with E-state index in [1.165, 1.54) is 16.9 Å². The van der Waals surface area contributed by atoms with Gasteiger partial charge in [-0.2, -0.15) is 5.26 Å². The van der Waals surface area contributed by atoms with Gasteiger partial charge in [-0.15, -0.1) is 11.3 Å². The second-order valence-corrected chi connectivity index (χ2v) is 6.00. The van der Waals surface area contributed by atoms with Crippen LogP contribution in [-0.4, -0.2) is 9.55 Å². The molecule has 0 bridgehead atoms. The first kappa shape index (κ1) is 12.4. The van der Waals surface area contributed by atoms with Crippen molar-refractivity contribution in [1.29, 1.82) is 5.26 Å². The summed E-state index contributed by atoms with van der Waals surface area (Å²) in [5.74, 6) is 0.714. The fraction of sp³-hybridized carbons (Fsp3) is 0.500. The van der Waals surface area contributed by atoms with Gasteiger partial charge in [-0.05, 0) is 38.2 Å². The van der Waals surface area contributed by atoms with Gasteiger partial charge in [-0.1, -0.05) is 0 Å². The first-order chi connectivity index (χ1) is 9.22. The summed E-state index contributed by atoms with van der Waals surface area (Å²) in [6.07, 6.45) is 4.78. The van der Waals surface area contributed by atoms with E-state index in [-0.39, 0.29) is 5.56 Å². The van der Waals surface area contributed by atoms with Gasteiger partial charge in [0.1, 0.15) is 10.7 Å². The highest BCUT2D eigenvalue weighted by Gasteiger charge is 2.20. The zero-order valence-electron chi connectivity index (χ0n) is 10.9. The number of thiophene rings is 1. The molecule has 1 aliphatic carbocycles. The van der Waals surface area contributed by atoms with E-state index in [2.05, 4.69) is 11.1 Å². The molecule has 0 spiro atoms. The van der Waals surface area contributed by atoms with Gasteiger partial charge in [0.15, 0.2) is 0 Å². The molecule has 2 aromatic rings. The van der Waals surface area contributed by atoms with E-state index in [4.69, 9.17) is 5.26 Å². The molecule has 0 aliphatic heterocycles. The summed E-state index contributed by atoms with van der Waals surface area (Å²) in [7, 11) is 0. The van der Waals surface area contributed by atoms with Crippen molar-refractivity contribution in [3.63, 3.8) is 0 Å². The average Bonchev–Trinajstić information content (AvgIpc) is 2.76. The van der Waals surface area contributed by atoms with E-state index in [9.17, 15) is 4.79 Å². The van der Waals surface area contributed by atoms with Crippen molar-refractivity contribution >= 4 is 21.6 Å². The highest BCUT2D eigenvalue weighted by molar-refractivity contribution is 7.18. The number of aromatic nitrogens is 2. The second-order valence-electron chi connectivity index (χ2n) is 4.91. The van der Waals surface area contributed by atoms with E-state index in [1.54, 1.807) is 15.9 Å². The zero-order chi connectivity index (χ0) is 13.4. The van der Waals surface area contributed by atoms with E-state index >= 15 is 0 Å². The summed E-state index contributed by atoms with van der Waals surface area (Å²) >= 11 is 1.67. The predicted octanol–water partition coefficient (Wildman–Crippen LogP) is 2.56. The third kappa shape index (κ3) is 1.96. The predicted molar refractivity (Wildman–Crippen MR) is 75.5 cm³/mol. The first-order valence-corrected chi connectivity index (χ1v) is 7.42. The van der Waals surface area contributed by atoms with Crippen molar-refractivity contribution in [3.8, 4) is 6.07 Å². The molecule has 0 amide bonds. The SMILES string of the molecule is Cc1nc2sc3c(c2c(=O)n1CCC#N)CCCC3. The van der Waals surface area contributed by atoms with Crippen LogP contribution in [0.2, 0.25) is 0 Å². The quantitative estimate of drug-likeness (QED) is 0.845. The van der Waals surface area contributed by atoms with Gasteiger partial charge in [0.05, 0.1) is 17.9 Å². The standard InChI is InChI=1S/C14H15N3OS/c1-9-16-13-12(14(18)17(9)8-4-7-15)10-5-2-3-6-11(10)19-13/h2-6,8H2,1H3. The molecule has 0 aromatic carbocycles. The smallest absolute Gasteiger partial charge is 0.262 e. The molecule has 1 aliphatic rings. The molecule has 0 atom stereocenters. The Balaban J connectivity index is 2.25. The maximum atomic E-state index is 12.6. The monoisotopic (exact) mass is 273 g/mol. The maximum absolute atomic E-state index is 12.6.